The molecule has 182 valence electrons. The molecule has 4 nitrogen and oxygen atoms in total. The summed E-state index contributed by atoms with van der Waals surface area (Å²) in [6.45, 7) is 14.8. The van der Waals surface area contributed by atoms with E-state index in [1.165, 1.54) is 133 Å². The van der Waals surface area contributed by atoms with E-state index in [0.29, 0.717) is 0 Å². The van der Waals surface area contributed by atoms with Crippen molar-refractivity contribution in [2.24, 2.45) is 5.73 Å². The Labute approximate surface area is 189 Å². The molecule has 0 radical (unpaired) electrons. The number of nitrogens with two attached hydrogens (primary N) is 1. The van der Waals surface area contributed by atoms with Gasteiger partial charge < -0.3 is 20.1 Å². The van der Waals surface area contributed by atoms with Crippen molar-refractivity contribution in [3.63, 3.8) is 0 Å². The first kappa shape index (κ1) is 31.6. The van der Waals surface area contributed by atoms with Crippen LogP contribution in [0.15, 0.2) is 0 Å². The maximum absolute atomic E-state index is 9.13. The first-order chi connectivity index (χ1) is 14.5. The monoisotopic (exact) mass is 428 g/mol. The molecule has 0 atom stereocenters. The van der Waals surface area contributed by atoms with Crippen LogP contribution >= 0.6 is 0 Å². The molecule has 30 heavy (non-hydrogen) atoms. The van der Waals surface area contributed by atoms with E-state index in [9.17, 15) is 0 Å². The fraction of sp³-hybridized carbons (Fsp3) is 0.962. The number of rotatable bonds is 21. The summed E-state index contributed by atoms with van der Waals surface area (Å²) in [5.41, 5.74) is 4.51. The topological polar surface area (TPSA) is 66.2 Å². The highest BCUT2D eigenvalue weighted by Crippen LogP contribution is 2.19. The highest BCUT2D eigenvalue weighted by Gasteiger charge is 2.25. The average Bonchev–Trinajstić information content (AvgIpc) is 2.75. The highest BCUT2D eigenvalue weighted by molar-refractivity contribution is 5.66. The van der Waals surface area contributed by atoms with Crippen molar-refractivity contribution >= 4 is 5.97 Å². The van der Waals surface area contributed by atoms with Crippen molar-refractivity contribution in [1.82, 2.24) is 0 Å². The molecule has 0 aromatic rings. The predicted molar refractivity (Wildman–Crippen MR) is 130 cm³/mol. The zero-order chi connectivity index (χ0) is 22.9. The van der Waals surface area contributed by atoms with Crippen LogP contribution in [0.4, 0.5) is 0 Å². The van der Waals surface area contributed by atoms with Gasteiger partial charge in [-0.15, -0.1) is 0 Å². The summed E-state index contributed by atoms with van der Waals surface area (Å²) in [7, 11) is 0. The number of unbranched alkanes of at least 4 members (excludes halogenated alkanes) is 12. The normalized spacial score (nSPS) is 11.2. The van der Waals surface area contributed by atoms with Gasteiger partial charge in [-0.25, -0.2) is 0 Å². The molecule has 0 rings (SSSR count). The molecule has 0 fully saturated rings. The third-order valence-corrected chi connectivity index (χ3v) is 6.11. The molecule has 4 heteroatoms. The number of nitrogens with zero attached hydrogens (tertiary/aromatic N) is 1. The number of hydrogen-bond acceptors (Lipinski definition) is 3. The van der Waals surface area contributed by atoms with Crippen LogP contribution in [0, 0.1) is 0 Å². The van der Waals surface area contributed by atoms with Crippen LogP contribution in [0.1, 0.15) is 130 Å². The highest BCUT2D eigenvalue weighted by atomic mass is 16.4. The van der Waals surface area contributed by atoms with Crippen LogP contribution in [-0.4, -0.2) is 43.2 Å². The summed E-state index contributed by atoms with van der Waals surface area (Å²) in [6.07, 6.45) is 22.8. The van der Waals surface area contributed by atoms with E-state index in [1.807, 2.05) is 0 Å². The molecular weight excluding hydrogens is 372 g/mol. The standard InChI is InChI=1S/C24H52N.C2H5NO2/c1-5-9-13-17-21-25(22-18-14-10-6-2,23-19-15-11-7-3)24-20-16-12-8-4;3-1-2(4)5/h5-24H2,1-4H3;1,3H2,(H,4,5)/q+1;/p-1. The lowest BCUT2D eigenvalue weighted by Crippen LogP contribution is -2.50. The van der Waals surface area contributed by atoms with Gasteiger partial charge in [0, 0.05) is 6.54 Å². The number of hydrogen-bond donors (Lipinski definition) is 1. The van der Waals surface area contributed by atoms with Crippen LogP contribution in [0.3, 0.4) is 0 Å². The van der Waals surface area contributed by atoms with E-state index in [-0.39, 0.29) is 6.54 Å². The Hall–Kier alpha value is -0.610. The van der Waals surface area contributed by atoms with Gasteiger partial charge in [0.1, 0.15) is 0 Å². The molecule has 0 spiro atoms. The van der Waals surface area contributed by atoms with Crippen LogP contribution in [0.5, 0.6) is 0 Å². The van der Waals surface area contributed by atoms with Gasteiger partial charge in [0.2, 0.25) is 0 Å². The third kappa shape index (κ3) is 22.1. The molecule has 2 N–H and O–H groups in total. The second kappa shape index (κ2) is 24.7. The molecule has 0 amide bonds. The Kier molecular flexibility index (Phi) is 26.0. The van der Waals surface area contributed by atoms with E-state index in [4.69, 9.17) is 9.90 Å². The molecular formula is C26H56N2O2. The molecule has 0 aromatic carbocycles. The summed E-state index contributed by atoms with van der Waals surface area (Å²) < 4.78 is 1.46. The number of carboxylic acid groups (broad SMARTS) is 1. The predicted octanol–water partition coefficient (Wildman–Crippen LogP) is 5.82. The van der Waals surface area contributed by atoms with Crippen molar-refractivity contribution < 1.29 is 14.4 Å². The Morgan fingerprint density at radius 2 is 0.800 bits per heavy atom. The van der Waals surface area contributed by atoms with Crippen molar-refractivity contribution in [3.05, 3.63) is 0 Å². The fourth-order valence-corrected chi connectivity index (χ4v) is 4.17. The Balaban J connectivity index is 0. The van der Waals surface area contributed by atoms with E-state index >= 15 is 0 Å². The molecule has 0 aromatic heterocycles. The molecule has 0 aliphatic rings. The fourth-order valence-electron chi connectivity index (χ4n) is 4.17. The number of carbonyl (C=O) groups is 1. The first-order valence-corrected chi connectivity index (χ1v) is 13.3. The lowest BCUT2D eigenvalue weighted by atomic mass is 10.1. The summed E-state index contributed by atoms with van der Waals surface area (Å²) >= 11 is 0. The van der Waals surface area contributed by atoms with Crippen LogP contribution in [0.25, 0.3) is 0 Å². The van der Waals surface area contributed by atoms with E-state index in [1.54, 1.807) is 0 Å². The third-order valence-electron chi connectivity index (χ3n) is 6.11. The first-order valence-electron chi connectivity index (χ1n) is 13.3. The van der Waals surface area contributed by atoms with Crippen molar-refractivity contribution in [2.75, 3.05) is 32.7 Å². The SMILES string of the molecule is CCCCCC[N+](CCCCCC)(CCCCCC)CCCCCC.NCC(=O)[O-]. The molecule has 0 heterocycles. The van der Waals surface area contributed by atoms with Gasteiger partial charge in [0.15, 0.2) is 0 Å². The summed E-state index contributed by atoms with van der Waals surface area (Å²) in [5.74, 6) is -1.22. The van der Waals surface area contributed by atoms with Crippen LogP contribution in [0.2, 0.25) is 0 Å². The summed E-state index contributed by atoms with van der Waals surface area (Å²) in [4.78, 5) is 9.13. The lowest BCUT2D eigenvalue weighted by molar-refractivity contribution is -0.929. The Morgan fingerprint density at radius 1 is 0.567 bits per heavy atom. The largest absolute Gasteiger partial charge is 0.549 e. The zero-order valence-electron chi connectivity index (χ0n) is 21.2. The second-order valence-electron chi connectivity index (χ2n) is 9.05. The maximum atomic E-state index is 9.13. The molecule has 0 bridgehead atoms. The molecule has 0 aliphatic carbocycles. The molecule has 0 aliphatic heterocycles. The summed E-state index contributed by atoms with van der Waals surface area (Å²) in [5, 5.41) is 9.13. The minimum absolute atomic E-state index is 0.389. The van der Waals surface area contributed by atoms with Gasteiger partial charge in [-0.2, -0.15) is 0 Å². The zero-order valence-corrected chi connectivity index (χ0v) is 21.2. The minimum Gasteiger partial charge on any atom is -0.549 e. The molecule has 0 unspecified atom stereocenters. The number of carbonyl (C=O) groups excluding carboxylic acids is 1. The molecule has 0 saturated carbocycles. The molecule has 0 saturated heterocycles. The van der Waals surface area contributed by atoms with Gasteiger partial charge in [0.25, 0.3) is 0 Å². The quantitative estimate of drug-likeness (QED) is 0.185. The van der Waals surface area contributed by atoms with Gasteiger partial charge in [-0.3, -0.25) is 0 Å². The lowest BCUT2D eigenvalue weighted by Gasteiger charge is -2.39. The Morgan fingerprint density at radius 3 is 0.967 bits per heavy atom. The van der Waals surface area contributed by atoms with E-state index in [0.717, 1.165) is 0 Å². The average molecular weight is 429 g/mol. The van der Waals surface area contributed by atoms with E-state index < -0.39 is 5.97 Å². The minimum atomic E-state index is -1.22. The summed E-state index contributed by atoms with van der Waals surface area (Å²) in [6, 6.07) is 0. The number of quaternary nitrogens is 1. The Bertz CT molecular complexity index is 294. The number of carboxylic acids is 1. The van der Waals surface area contributed by atoms with Gasteiger partial charge in [-0.05, 0) is 51.4 Å². The van der Waals surface area contributed by atoms with Crippen molar-refractivity contribution in [1.29, 1.82) is 0 Å². The van der Waals surface area contributed by atoms with Crippen LogP contribution in [-0.2, 0) is 4.79 Å². The van der Waals surface area contributed by atoms with Crippen molar-refractivity contribution in [3.8, 4) is 0 Å². The van der Waals surface area contributed by atoms with E-state index in [2.05, 4.69) is 33.4 Å². The van der Waals surface area contributed by atoms with Crippen molar-refractivity contribution in [2.45, 2.75) is 130 Å². The number of aliphatic carboxylic acids is 1. The van der Waals surface area contributed by atoms with Crippen LogP contribution < -0.4 is 10.8 Å². The van der Waals surface area contributed by atoms with Gasteiger partial charge in [0.05, 0.1) is 32.1 Å². The maximum Gasteiger partial charge on any atom is 0.0786 e. The second-order valence-corrected chi connectivity index (χ2v) is 9.05. The van der Waals surface area contributed by atoms with Gasteiger partial charge >= 0.3 is 0 Å². The smallest absolute Gasteiger partial charge is 0.0786 e. The van der Waals surface area contributed by atoms with Gasteiger partial charge in [-0.1, -0.05) is 79.1 Å².